The molecule has 4 nitrogen and oxygen atoms in total. The molecule has 2 saturated heterocycles. The number of carbonyl (C=O) groups is 1. The standard InChI is InChI=1S/C16H22FN3O/c17-16(10-19-11-16)13-4-1-3-12(9-13)15(21)20-7-2-5-14(18)6-8-20/h1,3-4,9,14,19H,2,5-8,10-11,18H2. The summed E-state index contributed by atoms with van der Waals surface area (Å²) in [6, 6.07) is 7.19. The summed E-state index contributed by atoms with van der Waals surface area (Å²) in [5.74, 6) is -0.0122. The van der Waals surface area contributed by atoms with E-state index in [1.807, 2.05) is 4.90 Å². The average Bonchev–Trinajstić information content (AvgIpc) is 2.69. The van der Waals surface area contributed by atoms with Crippen molar-refractivity contribution in [3.05, 3.63) is 35.4 Å². The van der Waals surface area contributed by atoms with Gasteiger partial charge in [-0.2, -0.15) is 0 Å². The van der Waals surface area contributed by atoms with Crippen molar-refractivity contribution in [1.82, 2.24) is 10.2 Å². The second-order valence-corrected chi connectivity index (χ2v) is 6.13. The van der Waals surface area contributed by atoms with E-state index in [9.17, 15) is 9.18 Å². The maximum Gasteiger partial charge on any atom is 0.253 e. The third-order valence-corrected chi connectivity index (χ3v) is 4.50. The number of amides is 1. The molecule has 0 aliphatic carbocycles. The predicted molar refractivity (Wildman–Crippen MR) is 79.8 cm³/mol. The monoisotopic (exact) mass is 291 g/mol. The molecule has 1 unspecified atom stereocenters. The second kappa shape index (κ2) is 5.73. The number of likely N-dealkylation sites (tertiary alicyclic amines) is 1. The van der Waals surface area contributed by atoms with E-state index in [0.717, 1.165) is 25.8 Å². The van der Waals surface area contributed by atoms with Crippen molar-refractivity contribution in [1.29, 1.82) is 0 Å². The lowest BCUT2D eigenvalue weighted by molar-refractivity contribution is 0.0757. The molecule has 3 N–H and O–H groups in total. The number of benzene rings is 1. The summed E-state index contributed by atoms with van der Waals surface area (Å²) < 4.78 is 14.4. The van der Waals surface area contributed by atoms with Gasteiger partial charge in [-0.15, -0.1) is 0 Å². The number of halogens is 1. The van der Waals surface area contributed by atoms with Crippen LogP contribution in [-0.2, 0) is 5.67 Å². The summed E-state index contributed by atoms with van der Waals surface area (Å²) in [5.41, 5.74) is 5.80. The van der Waals surface area contributed by atoms with Crippen LogP contribution in [0.2, 0.25) is 0 Å². The van der Waals surface area contributed by atoms with Crippen LogP contribution in [0.4, 0.5) is 4.39 Å². The van der Waals surface area contributed by atoms with E-state index in [-0.39, 0.29) is 11.9 Å². The molecule has 1 aromatic rings. The van der Waals surface area contributed by atoms with Gasteiger partial charge >= 0.3 is 0 Å². The minimum absolute atomic E-state index is 0.0122. The summed E-state index contributed by atoms with van der Waals surface area (Å²) in [5, 5.41) is 2.94. The normalized spacial score (nSPS) is 25.0. The predicted octanol–water partition coefficient (Wildman–Crippen LogP) is 1.41. The van der Waals surface area contributed by atoms with Crippen LogP contribution in [0.25, 0.3) is 0 Å². The highest BCUT2D eigenvalue weighted by molar-refractivity contribution is 5.94. The number of nitrogens with one attached hydrogen (secondary N) is 1. The van der Waals surface area contributed by atoms with Crippen molar-refractivity contribution in [2.24, 2.45) is 5.73 Å². The van der Waals surface area contributed by atoms with Crippen molar-refractivity contribution in [3.8, 4) is 0 Å². The molecule has 2 aliphatic heterocycles. The van der Waals surface area contributed by atoms with E-state index >= 15 is 0 Å². The fourth-order valence-corrected chi connectivity index (χ4v) is 2.99. The van der Waals surface area contributed by atoms with Crippen LogP contribution in [0.5, 0.6) is 0 Å². The van der Waals surface area contributed by atoms with Gasteiger partial charge < -0.3 is 16.0 Å². The van der Waals surface area contributed by atoms with Crippen LogP contribution in [0, 0.1) is 0 Å². The van der Waals surface area contributed by atoms with Gasteiger partial charge in [0.1, 0.15) is 0 Å². The lowest BCUT2D eigenvalue weighted by Crippen LogP contribution is -2.53. The molecule has 21 heavy (non-hydrogen) atoms. The first-order valence-corrected chi connectivity index (χ1v) is 7.63. The third kappa shape index (κ3) is 2.94. The molecule has 2 fully saturated rings. The fourth-order valence-electron chi connectivity index (χ4n) is 2.99. The van der Waals surface area contributed by atoms with Gasteiger partial charge in [-0.05, 0) is 37.0 Å². The number of nitrogens with zero attached hydrogens (tertiary/aromatic N) is 1. The van der Waals surface area contributed by atoms with Gasteiger partial charge in [0.15, 0.2) is 5.67 Å². The van der Waals surface area contributed by atoms with Crippen LogP contribution >= 0.6 is 0 Å². The highest BCUT2D eigenvalue weighted by atomic mass is 19.1. The van der Waals surface area contributed by atoms with E-state index in [1.165, 1.54) is 0 Å². The molecule has 1 amide bonds. The van der Waals surface area contributed by atoms with E-state index in [1.54, 1.807) is 24.3 Å². The van der Waals surface area contributed by atoms with Crippen molar-refractivity contribution in [2.45, 2.75) is 31.0 Å². The Kier molecular flexibility index (Phi) is 3.95. The average molecular weight is 291 g/mol. The zero-order valence-electron chi connectivity index (χ0n) is 12.1. The number of rotatable bonds is 2. The summed E-state index contributed by atoms with van der Waals surface area (Å²) in [6.45, 7) is 2.07. The van der Waals surface area contributed by atoms with Crippen LogP contribution in [0.15, 0.2) is 24.3 Å². The van der Waals surface area contributed by atoms with Gasteiger partial charge in [0.25, 0.3) is 5.91 Å². The van der Waals surface area contributed by atoms with Crippen LogP contribution in [0.1, 0.15) is 35.2 Å². The van der Waals surface area contributed by atoms with Crippen LogP contribution < -0.4 is 11.1 Å². The van der Waals surface area contributed by atoms with Crippen molar-refractivity contribution < 1.29 is 9.18 Å². The Bertz CT molecular complexity index is 530. The topological polar surface area (TPSA) is 58.4 Å². The van der Waals surface area contributed by atoms with Gasteiger partial charge in [-0.25, -0.2) is 4.39 Å². The first kappa shape index (κ1) is 14.5. The second-order valence-electron chi connectivity index (χ2n) is 6.13. The summed E-state index contributed by atoms with van der Waals surface area (Å²) in [4.78, 5) is 14.4. The third-order valence-electron chi connectivity index (χ3n) is 4.50. The SMILES string of the molecule is NC1CCCN(C(=O)c2cccc(C3(F)CNC3)c2)CC1. The number of hydrogen-bond acceptors (Lipinski definition) is 3. The van der Waals surface area contributed by atoms with Crippen molar-refractivity contribution in [3.63, 3.8) is 0 Å². The lowest BCUT2D eigenvalue weighted by Gasteiger charge is -2.35. The number of carbonyl (C=O) groups excluding carboxylic acids is 1. The quantitative estimate of drug-likeness (QED) is 0.866. The Balaban J connectivity index is 1.76. The van der Waals surface area contributed by atoms with E-state index in [0.29, 0.717) is 30.8 Å². The molecule has 2 aliphatic rings. The molecule has 0 bridgehead atoms. The van der Waals surface area contributed by atoms with E-state index in [4.69, 9.17) is 5.73 Å². The molecule has 0 radical (unpaired) electrons. The number of nitrogens with two attached hydrogens (primary N) is 1. The highest BCUT2D eigenvalue weighted by Crippen LogP contribution is 2.30. The molecule has 0 spiro atoms. The Hall–Kier alpha value is -1.46. The lowest BCUT2D eigenvalue weighted by atomic mass is 9.89. The Morgan fingerprint density at radius 3 is 2.86 bits per heavy atom. The van der Waals surface area contributed by atoms with Crippen molar-refractivity contribution >= 4 is 5.91 Å². The highest BCUT2D eigenvalue weighted by Gasteiger charge is 2.39. The molecular weight excluding hydrogens is 269 g/mol. The number of hydrogen-bond donors (Lipinski definition) is 2. The van der Waals surface area contributed by atoms with Gasteiger partial charge in [0.05, 0.1) is 0 Å². The van der Waals surface area contributed by atoms with E-state index < -0.39 is 5.67 Å². The first-order chi connectivity index (χ1) is 10.1. The Morgan fingerprint density at radius 2 is 2.14 bits per heavy atom. The summed E-state index contributed by atoms with van der Waals surface area (Å²) in [6.07, 6.45) is 2.73. The summed E-state index contributed by atoms with van der Waals surface area (Å²) in [7, 11) is 0. The summed E-state index contributed by atoms with van der Waals surface area (Å²) >= 11 is 0. The fraction of sp³-hybridized carbons (Fsp3) is 0.562. The Labute approximate surface area is 124 Å². The van der Waals surface area contributed by atoms with Crippen LogP contribution in [-0.4, -0.2) is 43.0 Å². The molecule has 0 aromatic heterocycles. The molecule has 5 heteroatoms. The first-order valence-electron chi connectivity index (χ1n) is 7.63. The van der Waals surface area contributed by atoms with Crippen LogP contribution in [0.3, 0.4) is 0 Å². The molecule has 1 atom stereocenters. The maximum absolute atomic E-state index is 14.4. The minimum Gasteiger partial charge on any atom is -0.339 e. The van der Waals surface area contributed by atoms with Gasteiger partial charge in [-0.3, -0.25) is 4.79 Å². The molecule has 0 saturated carbocycles. The molecule has 3 rings (SSSR count). The molecule has 2 heterocycles. The van der Waals surface area contributed by atoms with Gasteiger partial charge in [0, 0.05) is 37.8 Å². The molecular formula is C16H22FN3O. The molecule has 114 valence electrons. The zero-order valence-corrected chi connectivity index (χ0v) is 12.1. The smallest absolute Gasteiger partial charge is 0.253 e. The van der Waals surface area contributed by atoms with Gasteiger partial charge in [-0.1, -0.05) is 12.1 Å². The Morgan fingerprint density at radius 1 is 1.33 bits per heavy atom. The van der Waals surface area contributed by atoms with E-state index in [2.05, 4.69) is 5.32 Å². The molecule has 1 aromatic carbocycles. The minimum atomic E-state index is -1.32. The number of alkyl halides is 1. The van der Waals surface area contributed by atoms with Crippen molar-refractivity contribution in [2.75, 3.05) is 26.2 Å². The largest absolute Gasteiger partial charge is 0.339 e. The maximum atomic E-state index is 14.4. The van der Waals surface area contributed by atoms with Gasteiger partial charge in [0.2, 0.25) is 0 Å². The zero-order chi connectivity index (χ0) is 14.9.